The fraction of sp³-hybridized carbons (Fsp3) is 0.462. The van der Waals surface area contributed by atoms with E-state index in [2.05, 4.69) is 15.3 Å². The van der Waals surface area contributed by atoms with Crippen LogP contribution in [0.25, 0.3) is 10.4 Å². The first kappa shape index (κ1) is 15.8. The van der Waals surface area contributed by atoms with E-state index in [9.17, 15) is 9.90 Å². The van der Waals surface area contributed by atoms with Gasteiger partial charge < -0.3 is 10.8 Å². The zero-order valence-electron chi connectivity index (χ0n) is 11.4. The molecule has 0 aromatic heterocycles. The third kappa shape index (κ3) is 3.63. The Balaban J connectivity index is 2.88. The Morgan fingerprint density at radius 2 is 2.15 bits per heavy atom. The molecule has 0 fully saturated rings. The van der Waals surface area contributed by atoms with Gasteiger partial charge in [-0.15, -0.1) is 0 Å². The first-order valence-corrected chi connectivity index (χ1v) is 6.42. The van der Waals surface area contributed by atoms with E-state index < -0.39 is 11.4 Å². The maximum Gasteiger partial charge on any atom is 0.242 e. The largest absolute Gasteiger partial charge is 0.508 e. The maximum atomic E-state index is 11.9. The van der Waals surface area contributed by atoms with Gasteiger partial charge in [-0.25, -0.2) is 0 Å². The fourth-order valence-corrected chi connectivity index (χ4v) is 2.08. The van der Waals surface area contributed by atoms with Gasteiger partial charge in [0.05, 0.1) is 0 Å². The number of hydrogen-bond donors (Lipinski definition) is 3. The van der Waals surface area contributed by atoms with Crippen molar-refractivity contribution in [1.82, 2.24) is 5.32 Å². The van der Waals surface area contributed by atoms with Crippen molar-refractivity contribution in [2.75, 3.05) is 13.1 Å². The van der Waals surface area contributed by atoms with Gasteiger partial charge in [-0.3, -0.25) is 10.1 Å². The zero-order chi connectivity index (χ0) is 15.0. The minimum atomic E-state index is -0.982. The van der Waals surface area contributed by atoms with Crippen LogP contribution in [-0.2, 0) is 10.3 Å². The van der Waals surface area contributed by atoms with Crippen LogP contribution >= 0.6 is 0 Å². The molecule has 1 amide bonds. The van der Waals surface area contributed by atoms with Gasteiger partial charge in [0.1, 0.15) is 11.3 Å². The van der Waals surface area contributed by atoms with Crippen LogP contribution in [0.1, 0.15) is 25.3 Å². The lowest BCUT2D eigenvalue weighted by molar-refractivity contribution is -0.125. The number of amides is 1. The topological polar surface area (TPSA) is 124 Å². The Bertz CT molecular complexity index is 496. The summed E-state index contributed by atoms with van der Waals surface area (Å²) in [6, 6.07) is 6.38. The molecule has 0 aliphatic rings. The van der Waals surface area contributed by atoms with Crippen molar-refractivity contribution in [2.45, 2.75) is 25.3 Å². The number of phenolic OH excluding ortho intramolecular Hbond substituents is 1. The molecular formula is C13H19N5O2. The molecule has 7 nitrogen and oxygen atoms in total. The lowest BCUT2D eigenvalue weighted by Gasteiger charge is -2.31. The molecule has 0 aliphatic carbocycles. The Morgan fingerprint density at radius 3 is 2.65 bits per heavy atom. The molecule has 0 aliphatic heterocycles. The summed E-state index contributed by atoms with van der Waals surface area (Å²) in [7, 11) is 0. The number of nitrogens with two attached hydrogens (primary N) is 1. The van der Waals surface area contributed by atoms with Gasteiger partial charge in [0, 0.05) is 11.5 Å². The highest BCUT2D eigenvalue weighted by molar-refractivity contribution is 5.86. The van der Waals surface area contributed by atoms with E-state index in [1.807, 2.05) is 6.92 Å². The molecule has 0 heterocycles. The maximum absolute atomic E-state index is 11.9. The number of nitrogens with zero attached hydrogens (tertiary/aromatic N) is 3. The number of hydrogen-bond acceptors (Lipinski definition) is 4. The SMILES string of the molecule is CCC(NCCCN=[N+]=[N-])(C(N)=O)c1ccc(O)cc1. The molecule has 0 spiro atoms. The number of benzene rings is 1. The highest BCUT2D eigenvalue weighted by Gasteiger charge is 2.35. The molecule has 0 radical (unpaired) electrons. The number of rotatable bonds is 8. The molecule has 108 valence electrons. The highest BCUT2D eigenvalue weighted by Crippen LogP contribution is 2.26. The second kappa shape index (κ2) is 7.37. The Kier molecular flexibility index (Phi) is 5.83. The average molecular weight is 277 g/mol. The van der Waals surface area contributed by atoms with Gasteiger partial charge in [-0.05, 0) is 42.6 Å². The lowest BCUT2D eigenvalue weighted by Crippen LogP contribution is -2.52. The van der Waals surface area contributed by atoms with E-state index in [4.69, 9.17) is 11.3 Å². The molecular weight excluding hydrogens is 258 g/mol. The van der Waals surface area contributed by atoms with Gasteiger partial charge in [0.15, 0.2) is 0 Å². The van der Waals surface area contributed by atoms with Crippen LogP contribution in [-0.4, -0.2) is 24.1 Å². The zero-order valence-corrected chi connectivity index (χ0v) is 11.4. The number of primary amides is 1. The molecule has 1 aromatic rings. The average Bonchev–Trinajstić information content (AvgIpc) is 2.44. The van der Waals surface area contributed by atoms with E-state index in [-0.39, 0.29) is 5.75 Å². The van der Waals surface area contributed by atoms with E-state index in [0.717, 1.165) is 0 Å². The van der Waals surface area contributed by atoms with Crippen LogP contribution in [0.3, 0.4) is 0 Å². The summed E-state index contributed by atoms with van der Waals surface area (Å²) in [6.07, 6.45) is 1.09. The number of phenols is 1. The third-order valence-electron chi connectivity index (χ3n) is 3.24. The first-order chi connectivity index (χ1) is 9.56. The molecule has 1 rings (SSSR count). The number of carbonyl (C=O) groups excluding carboxylic acids is 1. The smallest absolute Gasteiger partial charge is 0.242 e. The van der Waals surface area contributed by atoms with Crippen LogP contribution in [0.2, 0.25) is 0 Å². The van der Waals surface area contributed by atoms with Gasteiger partial charge in [-0.1, -0.05) is 24.2 Å². The molecule has 7 heteroatoms. The summed E-state index contributed by atoms with van der Waals surface area (Å²) >= 11 is 0. The predicted octanol–water partition coefficient (Wildman–Crippen LogP) is 1.77. The van der Waals surface area contributed by atoms with Crippen LogP contribution in [0, 0.1) is 0 Å². The lowest BCUT2D eigenvalue weighted by atomic mass is 9.86. The van der Waals surface area contributed by atoms with E-state index in [1.165, 1.54) is 12.1 Å². The van der Waals surface area contributed by atoms with Gasteiger partial charge in [0.2, 0.25) is 5.91 Å². The fourth-order valence-electron chi connectivity index (χ4n) is 2.08. The summed E-state index contributed by atoms with van der Waals surface area (Å²) in [5.74, 6) is -0.346. The van der Waals surface area contributed by atoms with Crippen molar-refractivity contribution in [2.24, 2.45) is 10.8 Å². The van der Waals surface area contributed by atoms with Crippen molar-refractivity contribution in [3.05, 3.63) is 40.3 Å². The number of nitrogens with one attached hydrogen (secondary N) is 1. The van der Waals surface area contributed by atoms with Crippen molar-refractivity contribution >= 4 is 5.91 Å². The predicted molar refractivity (Wildman–Crippen MR) is 75.9 cm³/mol. The minimum Gasteiger partial charge on any atom is -0.508 e. The highest BCUT2D eigenvalue weighted by atomic mass is 16.3. The Hall–Kier alpha value is -2.24. The summed E-state index contributed by atoms with van der Waals surface area (Å²) in [5, 5.41) is 15.9. The van der Waals surface area contributed by atoms with Crippen molar-refractivity contribution < 1.29 is 9.90 Å². The molecule has 1 atom stereocenters. The van der Waals surface area contributed by atoms with Crippen LogP contribution < -0.4 is 11.1 Å². The summed E-state index contributed by atoms with van der Waals surface area (Å²) in [6.45, 7) is 2.71. The molecule has 4 N–H and O–H groups in total. The van der Waals surface area contributed by atoms with E-state index >= 15 is 0 Å². The second-order valence-electron chi connectivity index (χ2n) is 4.40. The number of aromatic hydroxyl groups is 1. The van der Waals surface area contributed by atoms with Crippen molar-refractivity contribution in [1.29, 1.82) is 0 Å². The Labute approximate surface area is 117 Å². The van der Waals surface area contributed by atoms with Crippen molar-refractivity contribution in [3.8, 4) is 5.75 Å². The molecule has 0 saturated heterocycles. The van der Waals surface area contributed by atoms with E-state index in [1.54, 1.807) is 12.1 Å². The Morgan fingerprint density at radius 1 is 1.50 bits per heavy atom. The molecule has 1 aromatic carbocycles. The quantitative estimate of drug-likeness (QED) is 0.290. The molecule has 0 bridgehead atoms. The monoisotopic (exact) mass is 277 g/mol. The second-order valence-corrected chi connectivity index (χ2v) is 4.40. The molecule has 20 heavy (non-hydrogen) atoms. The standard InChI is InChI=1S/C13H19N5O2/c1-2-13(12(14)20,16-8-3-9-17-18-15)10-4-6-11(19)7-5-10/h4-7,16,19H,2-3,8-9H2,1H3,(H2,14,20). The summed E-state index contributed by atoms with van der Waals surface area (Å²) in [5.41, 5.74) is 13.5. The van der Waals surface area contributed by atoms with Crippen LogP contribution in [0.5, 0.6) is 5.75 Å². The van der Waals surface area contributed by atoms with Gasteiger partial charge >= 0.3 is 0 Å². The van der Waals surface area contributed by atoms with E-state index in [0.29, 0.717) is 31.5 Å². The van der Waals surface area contributed by atoms with Gasteiger partial charge in [0.25, 0.3) is 0 Å². The van der Waals surface area contributed by atoms with Gasteiger partial charge in [-0.2, -0.15) is 0 Å². The first-order valence-electron chi connectivity index (χ1n) is 6.42. The minimum absolute atomic E-state index is 0.131. The molecule has 1 unspecified atom stereocenters. The molecule has 0 saturated carbocycles. The third-order valence-corrected chi connectivity index (χ3v) is 3.24. The van der Waals surface area contributed by atoms with Crippen molar-refractivity contribution in [3.63, 3.8) is 0 Å². The number of azide groups is 1. The summed E-state index contributed by atoms with van der Waals surface area (Å²) < 4.78 is 0. The van der Waals surface area contributed by atoms with Crippen LogP contribution in [0.15, 0.2) is 29.4 Å². The normalized spacial score (nSPS) is 13.2. The van der Waals surface area contributed by atoms with Crippen LogP contribution in [0.4, 0.5) is 0 Å². The summed E-state index contributed by atoms with van der Waals surface area (Å²) in [4.78, 5) is 14.5. The number of carbonyl (C=O) groups is 1.